The van der Waals surface area contributed by atoms with Gasteiger partial charge in [0.2, 0.25) is 0 Å². The van der Waals surface area contributed by atoms with Crippen LogP contribution in [0.4, 0.5) is 9.93 Å². The highest BCUT2D eigenvalue weighted by Gasteiger charge is 2.26. The molecule has 110 valence electrons. The first-order valence-corrected chi connectivity index (χ1v) is 7.23. The lowest BCUT2D eigenvalue weighted by molar-refractivity contribution is 0.183. The molecule has 0 unspecified atom stereocenters. The van der Waals surface area contributed by atoms with Crippen LogP contribution >= 0.6 is 11.3 Å². The zero-order valence-corrected chi connectivity index (χ0v) is 12.7. The number of nitrogens with two attached hydrogens (primary N) is 1. The zero-order chi connectivity index (χ0) is 14.9. The van der Waals surface area contributed by atoms with Gasteiger partial charge in [0.05, 0.1) is 12.2 Å². The van der Waals surface area contributed by atoms with E-state index in [1.165, 1.54) is 11.3 Å². The molecule has 1 aromatic rings. The van der Waals surface area contributed by atoms with Crippen molar-refractivity contribution in [3.8, 4) is 0 Å². The van der Waals surface area contributed by atoms with E-state index in [-0.39, 0.29) is 17.5 Å². The van der Waals surface area contributed by atoms with Crippen LogP contribution in [0.15, 0.2) is 0 Å². The van der Waals surface area contributed by atoms with Gasteiger partial charge in [0, 0.05) is 23.4 Å². The molecule has 8 heteroatoms. The Morgan fingerprint density at radius 1 is 1.50 bits per heavy atom. The molecule has 7 nitrogen and oxygen atoms in total. The van der Waals surface area contributed by atoms with Crippen molar-refractivity contribution < 1.29 is 4.79 Å². The van der Waals surface area contributed by atoms with Crippen molar-refractivity contribution in [3.63, 3.8) is 0 Å². The Labute approximate surface area is 122 Å². The lowest BCUT2D eigenvalue weighted by Gasteiger charge is -2.30. The van der Waals surface area contributed by atoms with Crippen molar-refractivity contribution in [2.75, 3.05) is 11.9 Å². The predicted molar refractivity (Wildman–Crippen MR) is 80.0 cm³/mol. The van der Waals surface area contributed by atoms with Crippen molar-refractivity contribution >= 4 is 28.5 Å². The summed E-state index contributed by atoms with van der Waals surface area (Å²) in [6.45, 7) is 7.08. The molecule has 0 atom stereocenters. The molecule has 2 heterocycles. The first-order valence-electron chi connectivity index (χ1n) is 6.41. The molecule has 2 rings (SSSR count). The van der Waals surface area contributed by atoms with Crippen LogP contribution in [0, 0.1) is 5.41 Å². The van der Waals surface area contributed by atoms with E-state index in [2.05, 4.69) is 15.6 Å². The number of carbonyl (C=O) groups excluding carboxylic acids is 1. The largest absolute Gasteiger partial charge is 0.370 e. The van der Waals surface area contributed by atoms with Crippen LogP contribution in [-0.4, -0.2) is 34.0 Å². The second kappa shape index (κ2) is 5.28. The first kappa shape index (κ1) is 14.6. The van der Waals surface area contributed by atoms with Gasteiger partial charge in [-0.15, -0.1) is 0 Å². The van der Waals surface area contributed by atoms with Gasteiger partial charge < -0.3 is 21.3 Å². The number of rotatable bonds is 1. The predicted octanol–water partition coefficient (Wildman–Crippen LogP) is 1.31. The lowest BCUT2D eigenvalue weighted by atomic mass is 10.1. The minimum absolute atomic E-state index is 0.0578. The van der Waals surface area contributed by atoms with Crippen LogP contribution in [0.3, 0.4) is 0 Å². The van der Waals surface area contributed by atoms with Crippen LogP contribution < -0.4 is 16.4 Å². The van der Waals surface area contributed by atoms with E-state index in [1.54, 1.807) is 4.90 Å². The molecule has 5 N–H and O–H groups in total. The number of hydrogen-bond donors (Lipinski definition) is 4. The molecule has 0 radical (unpaired) electrons. The van der Waals surface area contributed by atoms with Crippen molar-refractivity contribution in [1.29, 1.82) is 5.41 Å². The van der Waals surface area contributed by atoms with Crippen LogP contribution in [0.5, 0.6) is 0 Å². The number of nitrogens with zero attached hydrogens (tertiary/aromatic N) is 2. The van der Waals surface area contributed by atoms with Gasteiger partial charge in [0.25, 0.3) is 0 Å². The summed E-state index contributed by atoms with van der Waals surface area (Å²) in [5, 5.41) is 13.5. The van der Waals surface area contributed by atoms with Crippen LogP contribution in [0.25, 0.3) is 0 Å². The van der Waals surface area contributed by atoms with E-state index in [9.17, 15) is 4.79 Å². The molecule has 0 bridgehead atoms. The maximum Gasteiger partial charge on any atom is 0.318 e. The average Bonchev–Trinajstić information content (AvgIpc) is 2.66. The Kier molecular flexibility index (Phi) is 3.85. The third-order valence-electron chi connectivity index (χ3n) is 2.74. The SMILES string of the molecule is CC(C)(C)NC(=O)N1CCc2nc(NC(=N)N)sc2C1. The Balaban J connectivity index is 2.05. The number of anilines is 1. The number of urea groups is 1. The minimum Gasteiger partial charge on any atom is -0.370 e. The highest BCUT2D eigenvalue weighted by molar-refractivity contribution is 7.15. The average molecular weight is 296 g/mol. The minimum atomic E-state index is -0.244. The van der Waals surface area contributed by atoms with Crippen molar-refractivity contribution in [2.24, 2.45) is 5.73 Å². The Morgan fingerprint density at radius 2 is 2.20 bits per heavy atom. The van der Waals surface area contributed by atoms with Gasteiger partial charge in [-0.1, -0.05) is 11.3 Å². The summed E-state index contributed by atoms with van der Waals surface area (Å²) < 4.78 is 0. The number of fused-ring (bicyclic) bond motifs is 1. The first-order chi connectivity index (χ1) is 9.24. The number of carbonyl (C=O) groups is 1. The topological polar surface area (TPSA) is 107 Å². The summed E-state index contributed by atoms with van der Waals surface area (Å²) in [6, 6.07) is -0.0578. The van der Waals surface area contributed by atoms with Crippen molar-refractivity contribution in [2.45, 2.75) is 39.3 Å². The van der Waals surface area contributed by atoms with Crippen molar-refractivity contribution in [3.05, 3.63) is 10.6 Å². The zero-order valence-electron chi connectivity index (χ0n) is 11.9. The molecule has 1 aliphatic heterocycles. The van der Waals surface area contributed by atoms with E-state index in [4.69, 9.17) is 11.1 Å². The molecule has 0 aliphatic carbocycles. The molecular weight excluding hydrogens is 276 g/mol. The van der Waals surface area contributed by atoms with E-state index >= 15 is 0 Å². The van der Waals surface area contributed by atoms with E-state index in [0.29, 0.717) is 18.2 Å². The van der Waals surface area contributed by atoms with Crippen molar-refractivity contribution in [1.82, 2.24) is 15.2 Å². The van der Waals surface area contributed by atoms with E-state index < -0.39 is 0 Å². The molecule has 1 aromatic heterocycles. The number of nitrogens with one attached hydrogen (secondary N) is 3. The van der Waals surface area contributed by atoms with Crippen LogP contribution in [0.2, 0.25) is 0 Å². The summed E-state index contributed by atoms with van der Waals surface area (Å²) in [5.74, 6) is -0.126. The summed E-state index contributed by atoms with van der Waals surface area (Å²) in [4.78, 5) is 19.4. The molecule has 0 aromatic carbocycles. The van der Waals surface area contributed by atoms with Gasteiger partial charge in [-0.25, -0.2) is 9.78 Å². The summed E-state index contributed by atoms with van der Waals surface area (Å²) in [6.07, 6.45) is 0.725. The number of thiazole rings is 1. The second-order valence-corrected chi connectivity index (χ2v) is 6.86. The normalized spacial score (nSPS) is 14.7. The van der Waals surface area contributed by atoms with E-state index in [1.807, 2.05) is 20.8 Å². The smallest absolute Gasteiger partial charge is 0.318 e. The van der Waals surface area contributed by atoms with E-state index in [0.717, 1.165) is 17.0 Å². The summed E-state index contributed by atoms with van der Waals surface area (Å²) in [7, 11) is 0. The van der Waals surface area contributed by atoms with Gasteiger partial charge in [0.1, 0.15) is 0 Å². The third kappa shape index (κ3) is 3.60. The third-order valence-corrected chi connectivity index (χ3v) is 3.74. The molecule has 0 spiro atoms. The molecule has 0 saturated carbocycles. The molecule has 2 amide bonds. The Morgan fingerprint density at radius 3 is 2.80 bits per heavy atom. The molecule has 20 heavy (non-hydrogen) atoms. The van der Waals surface area contributed by atoms with Gasteiger partial charge in [-0.3, -0.25) is 5.41 Å². The standard InChI is InChI=1S/C12H20N6OS/c1-12(2,3)17-11(19)18-5-4-7-8(6-18)20-10(15-7)16-9(13)14/h4-6H2,1-3H3,(H,17,19)(H4,13,14,15,16). The quantitative estimate of drug-likeness (QED) is 0.463. The Hall–Kier alpha value is -1.83. The number of guanidine groups is 1. The lowest BCUT2D eigenvalue weighted by Crippen LogP contribution is -2.49. The molecule has 0 fully saturated rings. The molecular formula is C12H20N6OS. The maximum absolute atomic E-state index is 12.1. The highest BCUT2D eigenvalue weighted by Crippen LogP contribution is 2.28. The van der Waals surface area contributed by atoms with Gasteiger partial charge in [-0.2, -0.15) is 0 Å². The fourth-order valence-electron chi connectivity index (χ4n) is 1.94. The Bertz CT molecular complexity index is 533. The van der Waals surface area contributed by atoms with Gasteiger partial charge >= 0.3 is 6.03 Å². The number of amides is 2. The summed E-state index contributed by atoms with van der Waals surface area (Å²) in [5.41, 5.74) is 6.03. The summed E-state index contributed by atoms with van der Waals surface area (Å²) >= 11 is 1.44. The van der Waals surface area contributed by atoms with Gasteiger partial charge in [-0.05, 0) is 20.8 Å². The van der Waals surface area contributed by atoms with Crippen LogP contribution in [-0.2, 0) is 13.0 Å². The monoisotopic (exact) mass is 296 g/mol. The fourth-order valence-corrected chi connectivity index (χ4v) is 2.97. The maximum atomic E-state index is 12.1. The van der Waals surface area contributed by atoms with Gasteiger partial charge in [0.15, 0.2) is 11.1 Å². The fraction of sp³-hybridized carbons (Fsp3) is 0.583. The molecule has 1 aliphatic rings. The molecule has 0 saturated heterocycles. The highest BCUT2D eigenvalue weighted by atomic mass is 32.1. The number of hydrogen-bond acceptors (Lipinski definition) is 4. The van der Waals surface area contributed by atoms with Crippen LogP contribution in [0.1, 0.15) is 31.3 Å². The number of aromatic nitrogens is 1. The second-order valence-electron chi connectivity index (χ2n) is 5.78.